The van der Waals surface area contributed by atoms with E-state index in [1.807, 2.05) is 0 Å². The first-order valence-corrected chi connectivity index (χ1v) is 10.8. The maximum Gasteiger partial charge on any atom is 0.381 e. The average Bonchev–Trinajstić information content (AvgIpc) is 3.37. The highest BCUT2D eigenvalue weighted by atomic mass is 19.3. The first kappa shape index (κ1) is 26.5. The summed E-state index contributed by atoms with van der Waals surface area (Å²) >= 11 is 0. The van der Waals surface area contributed by atoms with Crippen LogP contribution in [0.3, 0.4) is 0 Å². The third-order valence-electron chi connectivity index (χ3n) is 5.93. The molecule has 0 amide bonds. The maximum absolute atomic E-state index is 13.5. The number of hydrogen-bond acceptors (Lipinski definition) is 8. The zero-order valence-electron chi connectivity index (χ0n) is 19.2. The van der Waals surface area contributed by atoms with Crippen LogP contribution in [0.1, 0.15) is 47.0 Å². The topological polar surface area (TPSA) is 105 Å². The second kappa shape index (κ2) is 10.4. The van der Waals surface area contributed by atoms with Gasteiger partial charge in [-0.3, -0.25) is 4.79 Å². The van der Waals surface area contributed by atoms with E-state index in [1.54, 1.807) is 6.92 Å². The lowest BCUT2D eigenvalue weighted by atomic mass is 9.88. The number of ether oxygens (including phenoxy) is 4. The van der Waals surface area contributed by atoms with Gasteiger partial charge in [-0.25, -0.2) is 14.4 Å². The number of hydrogen-bond donors (Lipinski definition) is 0. The molecule has 1 heterocycles. The molecule has 0 aromatic rings. The molecule has 2 saturated carbocycles. The third-order valence-corrected chi connectivity index (χ3v) is 5.93. The molecule has 3 rings (SSSR count). The summed E-state index contributed by atoms with van der Waals surface area (Å²) in [6.07, 6.45) is -0.712. The SMILES string of the molecule is C=C(C)C(=O)OC(CC)C(F)(F)C(=O)OCC.C=C(C)C(=O)OC1C2CC3C(=O)OC1C3C2. The Morgan fingerprint density at radius 3 is 2.24 bits per heavy atom. The van der Waals surface area contributed by atoms with Gasteiger partial charge in [0.2, 0.25) is 0 Å². The molecule has 1 aliphatic heterocycles. The molecule has 6 unspecified atom stereocenters. The fraction of sp³-hybridized carbons (Fsp3) is 0.652. The highest BCUT2D eigenvalue weighted by Gasteiger charge is 2.63. The van der Waals surface area contributed by atoms with Gasteiger partial charge in [-0.05, 0) is 40.0 Å². The van der Waals surface area contributed by atoms with Crippen molar-refractivity contribution in [3.8, 4) is 0 Å². The third kappa shape index (κ3) is 5.59. The summed E-state index contributed by atoms with van der Waals surface area (Å²) in [5.74, 6) is -6.34. The molecule has 0 radical (unpaired) electrons. The van der Waals surface area contributed by atoms with E-state index in [9.17, 15) is 28.0 Å². The molecule has 2 bridgehead atoms. The van der Waals surface area contributed by atoms with Crippen LogP contribution in [0.25, 0.3) is 0 Å². The first-order chi connectivity index (χ1) is 15.3. The lowest BCUT2D eigenvalue weighted by Crippen LogP contribution is -2.45. The predicted octanol–water partition coefficient (Wildman–Crippen LogP) is 3.14. The zero-order valence-corrected chi connectivity index (χ0v) is 19.2. The number of fused-ring (bicyclic) bond motifs is 1. The van der Waals surface area contributed by atoms with Crippen molar-refractivity contribution in [1.29, 1.82) is 0 Å². The first-order valence-electron chi connectivity index (χ1n) is 10.8. The Labute approximate surface area is 191 Å². The van der Waals surface area contributed by atoms with Crippen molar-refractivity contribution in [2.24, 2.45) is 17.8 Å². The molecule has 6 atom stereocenters. The summed E-state index contributed by atoms with van der Waals surface area (Å²) < 4.78 is 46.4. The predicted molar refractivity (Wildman–Crippen MR) is 111 cm³/mol. The van der Waals surface area contributed by atoms with E-state index in [0.717, 1.165) is 12.8 Å². The standard InChI is InChI=1S/C12H14O4.C11H16F2O4/c1-5(2)11(13)15-9-6-3-7-8(4-6)12(14)16-10(7)9;1-5-8(17-9(14)7(3)4)11(12,13)10(15)16-6-2/h6-10H,1,3-4H2,2H3;8H,3,5-6H2,1-2,4H3. The van der Waals surface area contributed by atoms with Crippen molar-refractivity contribution in [3.63, 3.8) is 0 Å². The molecular formula is C23H30F2O8. The Balaban J connectivity index is 0.000000233. The smallest absolute Gasteiger partial charge is 0.381 e. The van der Waals surface area contributed by atoms with Crippen LogP contribution in [0.4, 0.5) is 8.78 Å². The van der Waals surface area contributed by atoms with E-state index in [4.69, 9.17) is 9.47 Å². The van der Waals surface area contributed by atoms with Crippen molar-refractivity contribution < 1.29 is 46.9 Å². The maximum atomic E-state index is 13.5. The Bertz CT molecular complexity index is 836. The molecule has 33 heavy (non-hydrogen) atoms. The molecule has 184 valence electrons. The number of alkyl halides is 2. The summed E-state index contributed by atoms with van der Waals surface area (Å²) in [4.78, 5) is 45.1. The monoisotopic (exact) mass is 472 g/mol. The summed E-state index contributed by atoms with van der Waals surface area (Å²) in [6.45, 7) is 12.4. The molecule has 3 fully saturated rings. The van der Waals surface area contributed by atoms with Gasteiger partial charge < -0.3 is 18.9 Å². The molecule has 0 aromatic carbocycles. The van der Waals surface area contributed by atoms with Gasteiger partial charge in [-0.1, -0.05) is 20.1 Å². The largest absolute Gasteiger partial charge is 0.461 e. The highest BCUT2D eigenvalue weighted by Crippen LogP contribution is 2.55. The number of esters is 4. The average molecular weight is 472 g/mol. The van der Waals surface area contributed by atoms with Gasteiger partial charge in [-0.15, -0.1) is 0 Å². The second-order valence-electron chi connectivity index (χ2n) is 8.48. The van der Waals surface area contributed by atoms with Crippen molar-refractivity contribution in [3.05, 3.63) is 24.3 Å². The van der Waals surface area contributed by atoms with Crippen LogP contribution in [0, 0.1) is 17.8 Å². The van der Waals surface area contributed by atoms with Gasteiger partial charge in [0.1, 0.15) is 12.2 Å². The molecule has 0 spiro atoms. The minimum Gasteiger partial charge on any atom is -0.461 e. The molecule has 0 aromatic heterocycles. The normalized spacial score (nSPS) is 27.6. The van der Waals surface area contributed by atoms with Crippen LogP contribution in [-0.4, -0.2) is 54.7 Å². The molecule has 3 aliphatic rings. The van der Waals surface area contributed by atoms with Crippen LogP contribution in [-0.2, 0) is 38.1 Å². The Kier molecular flexibility index (Phi) is 8.37. The molecule has 1 saturated heterocycles. The van der Waals surface area contributed by atoms with Gasteiger partial charge in [0, 0.05) is 23.0 Å². The lowest BCUT2D eigenvalue weighted by Gasteiger charge is -2.25. The fourth-order valence-electron chi connectivity index (χ4n) is 4.29. The summed E-state index contributed by atoms with van der Waals surface area (Å²) in [7, 11) is 0. The van der Waals surface area contributed by atoms with Gasteiger partial charge in [0.25, 0.3) is 0 Å². The molecule has 10 heteroatoms. The van der Waals surface area contributed by atoms with E-state index in [-0.39, 0.29) is 54.6 Å². The van der Waals surface area contributed by atoms with E-state index < -0.39 is 24.0 Å². The summed E-state index contributed by atoms with van der Waals surface area (Å²) in [6, 6.07) is 0. The number of rotatable bonds is 8. The molecular weight excluding hydrogens is 442 g/mol. The second-order valence-corrected chi connectivity index (χ2v) is 8.48. The van der Waals surface area contributed by atoms with Crippen LogP contribution < -0.4 is 0 Å². The summed E-state index contributed by atoms with van der Waals surface area (Å²) in [5, 5.41) is 0. The number of carbonyl (C=O) groups excluding carboxylic acids is 4. The molecule has 8 nitrogen and oxygen atoms in total. The van der Waals surface area contributed by atoms with Gasteiger partial charge in [-0.2, -0.15) is 8.78 Å². The van der Waals surface area contributed by atoms with Crippen molar-refractivity contribution in [2.75, 3.05) is 6.61 Å². The van der Waals surface area contributed by atoms with Gasteiger partial charge >= 0.3 is 29.8 Å². The van der Waals surface area contributed by atoms with Crippen LogP contribution >= 0.6 is 0 Å². The lowest BCUT2D eigenvalue weighted by molar-refractivity contribution is -0.196. The van der Waals surface area contributed by atoms with Crippen LogP contribution in [0.5, 0.6) is 0 Å². The minimum atomic E-state index is -3.85. The summed E-state index contributed by atoms with van der Waals surface area (Å²) in [5.41, 5.74) is 0.381. The fourth-order valence-corrected chi connectivity index (χ4v) is 4.29. The quantitative estimate of drug-likeness (QED) is 0.301. The van der Waals surface area contributed by atoms with E-state index >= 15 is 0 Å². The number of halogens is 2. The van der Waals surface area contributed by atoms with Crippen molar-refractivity contribution >= 4 is 23.9 Å². The number of carbonyl (C=O) groups is 4. The Morgan fingerprint density at radius 2 is 1.73 bits per heavy atom. The minimum absolute atomic E-state index is 0.0110. The van der Waals surface area contributed by atoms with E-state index in [1.165, 1.54) is 20.8 Å². The van der Waals surface area contributed by atoms with Crippen LogP contribution in [0.15, 0.2) is 24.3 Å². The van der Waals surface area contributed by atoms with E-state index in [0.29, 0.717) is 11.5 Å². The van der Waals surface area contributed by atoms with Crippen LogP contribution in [0.2, 0.25) is 0 Å². The Morgan fingerprint density at radius 1 is 1.12 bits per heavy atom. The Hall–Kier alpha value is -2.78. The molecule has 0 N–H and O–H groups in total. The van der Waals surface area contributed by atoms with Gasteiger partial charge in [0.05, 0.1) is 12.5 Å². The zero-order chi connectivity index (χ0) is 25.1. The van der Waals surface area contributed by atoms with Crippen molar-refractivity contribution in [1.82, 2.24) is 0 Å². The van der Waals surface area contributed by atoms with Gasteiger partial charge in [0.15, 0.2) is 6.10 Å². The highest BCUT2D eigenvalue weighted by molar-refractivity contribution is 5.88. The van der Waals surface area contributed by atoms with E-state index in [2.05, 4.69) is 22.6 Å². The van der Waals surface area contributed by atoms with Crippen molar-refractivity contribution in [2.45, 2.75) is 71.2 Å². The molecule has 2 aliphatic carbocycles.